The molecule has 1 aliphatic heterocycles. The first-order valence-corrected chi connectivity index (χ1v) is 9.30. The summed E-state index contributed by atoms with van der Waals surface area (Å²) >= 11 is 0. The first-order chi connectivity index (χ1) is 12.8. The molecule has 2 atom stereocenters. The van der Waals surface area contributed by atoms with Crippen molar-refractivity contribution < 1.29 is 9.18 Å². The van der Waals surface area contributed by atoms with Crippen molar-refractivity contribution in [3.05, 3.63) is 41.3 Å². The summed E-state index contributed by atoms with van der Waals surface area (Å²) in [5.41, 5.74) is 8.25. The molecule has 0 saturated heterocycles. The topological polar surface area (TPSA) is 71.2 Å². The van der Waals surface area contributed by atoms with E-state index in [9.17, 15) is 4.79 Å². The van der Waals surface area contributed by atoms with Crippen LogP contribution in [0.25, 0.3) is 11.1 Å². The maximum atomic E-state index is 15.2. The highest BCUT2D eigenvalue weighted by Crippen LogP contribution is 2.62. The van der Waals surface area contributed by atoms with Crippen molar-refractivity contribution in [3.63, 3.8) is 0 Å². The van der Waals surface area contributed by atoms with Crippen LogP contribution in [-0.2, 0) is 5.41 Å². The number of nitrogens with zero attached hydrogens (tertiary/aromatic N) is 2. The van der Waals surface area contributed by atoms with E-state index in [1.165, 1.54) is 4.90 Å². The monoisotopic (exact) mass is 368 g/mol. The van der Waals surface area contributed by atoms with Crippen LogP contribution in [0.3, 0.4) is 0 Å². The molecule has 1 aromatic heterocycles. The van der Waals surface area contributed by atoms with Crippen molar-refractivity contribution in [2.24, 2.45) is 11.8 Å². The van der Waals surface area contributed by atoms with Crippen LogP contribution < -0.4 is 11.1 Å². The summed E-state index contributed by atoms with van der Waals surface area (Å²) < 4.78 is 15.2. The van der Waals surface area contributed by atoms with Gasteiger partial charge in [0.05, 0.1) is 5.56 Å². The van der Waals surface area contributed by atoms with Gasteiger partial charge in [0, 0.05) is 54.6 Å². The molecule has 1 saturated carbocycles. The van der Waals surface area contributed by atoms with E-state index >= 15 is 4.39 Å². The van der Waals surface area contributed by atoms with Crippen LogP contribution in [0.4, 0.5) is 15.9 Å². The zero-order chi connectivity index (χ0) is 19.5. The van der Waals surface area contributed by atoms with Crippen molar-refractivity contribution >= 4 is 17.4 Å². The van der Waals surface area contributed by atoms with Crippen molar-refractivity contribution in [1.82, 2.24) is 9.88 Å². The highest BCUT2D eigenvalue weighted by atomic mass is 19.1. The molecule has 0 unspecified atom stereocenters. The van der Waals surface area contributed by atoms with E-state index in [0.717, 1.165) is 24.3 Å². The third-order valence-corrected chi connectivity index (χ3v) is 6.04. The van der Waals surface area contributed by atoms with Gasteiger partial charge < -0.3 is 16.0 Å². The van der Waals surface area contributed by atoms with Gasteiger partial charge in [-0.3, -0.25) is 4.79 Å². The van der Waals surface area contributed by atoms with E-state index in [2.05, 4.69) is 24.1 Å². The van der Waals surface area contributed by atoms with Crippen LogP contribution in [0.5, 0.6) is 0 Å². The summed E-state index contributed by atoms with van der Waals surface area (Å²) in [6.07, 6.45) is 2.79. The first kappa shape index (κ1) is 17.8. The lowest BCUT2D eigenvalue weighted by molar-refractivity contribution is 0.0824. The molecule has 27 heavy (non-hydrogen) atoms. The Bertz CT molecular complexity index is 940. The highest BCUT2D eigenvalue weighted by Gasteiger charge is 2.59. The number of anilines is 2. The lowest BCUT2D eigenvalue weighted by Crippen LogP contribution is -2.24. The van der Waals surface area contributed by atoms with Crippen molar-refractivity contribution in [2.45, 2.75) is 25.7 Å². The van der Waals surface area contributed by atoms with Gasteiger partial charge in [-0.05, 0) is 36.5 Å². The number of fused-ring (bicyclic) bond motifs is 2. The van der Waals surface area contributed by atoms with Gasteiger partial charge in [-0.1, -0.05) is 13.8 Å². The second-order valence-electron chi connectivity index (χ2n) is 8.28. The Balaban J connectivity index is 1.80. The molecule has 5 nitrogen and oxygen atoms in total. The third-order valence-electron chi connectivity index (χ3n) is 6.04. The SMILES string of the molecule is CC(C)[C@H]1C[C@@]12CNc1ncc(-c3ccc(N)c(C(=O)N(C)C)c3F)cc12. The van der Waals surface area contributed by atoms with Crippen LogP contribution in [0.1, 0.15) is 36.2 Å². The number of nitrogens with two attached hydrogens (primary N) is 1. The summed E-state index contributed by atoms with van der Waals surface area (Å²) in [6, 6.07) is 5.25. The first-order valence-electron chi connectivity index (χ1n) is 9.30. The summed E-state index contributed by atoms with van der Waals surface area (Å²) in [6.45, 7) is 5.37. The Kier molecular flexibility index (Phi) is 3.91. The average molecular weight is 368 g/mol. The number of hydrogen-bond acceptors (Lipinski definition) is 4. The number of nitrogens with one attached hydrogen (secondary N) is 1. The maximum absolute atomic E-state index is 15.2. The number of aromatic nitrogens is 1. The second-order valence-corrected chi connectivity index (χ2v) is 8.28. The number of amides is 1. The van der Waals surface area contributed by atoms with Crippen LogP contribution >= 0.6 is 0 Å². The van der Waals surface area contributed by atoms with Gasteiger partial charge in [-0.25, -0.2) is 9.37 Å². The minimum atomic E-state index is -0.591. The molecule has 1 aliphatic carbocycles. The van der Waals surface area contributed by atoms with Crippen molar-refractivity contribution in [1.29, 1.82) is 0 Å². The van der Waals surface area contributed by atoms with Gasteiger partial charge in [0.2, 0.25) is 0 Å². The molecular weight excluding hydrogens is 343 g/mol. The van der Waals surface area contributed by atoms with Crippen LogP contribution in [0, 0.1) is 17.7 Å². The molecule has 2 aliphatic rings. The van der Waals surface area contributed by atoms with Crippen molar-refractivity contribution in [3.8, 4) is 11.1 Å². The number of carbonyl (C=O) groups is 1. The minimum absolute atomic E-state index is 0.0858. The van der Waals surface area contributed by atoms with Gasteiger partial charge in [0.25, 0.3) is 5.91 Å². The van der Waals surface area contributed by atoms with E-state index in [-0.39, 0.29) is 16.7 Å². The smallest absolute Gasteiger partial charge is 0.258 e. The Labute approximate surface area is 158 Å². The van der Waals surface area contributed by atoms with E-state index in [0.29, 0.717) is 23.0 Å². The Hall–Kier alpha value is -2.63. The lowest BCUT2D eigenvalue weighted by Gasteiger charge is -2.16. The van der Waals surface area contributed by atoms with Crippen LogP contribution in [0.2, 0.25) is 0 Å². The van der Waals surface area contributed by atoms with E-state index in [1.807, 2.05) is 6.07 Å². The maximum Gasteiger partial charge on any atom is 0.258 e. The molecular formula is C21H25FN4O. The Morgan fingerprint density at radius 2 is 2.15 bits per heavy atom. The molecule has 6 heteroatoms. The van der Waals surface area contributed by atoms with Gasteiger partial charge >= 0.3 is 0 Å². The summed E-state index contributed by atoms with van der Waals surface area (Å²) in [5, 5.41) is 3.40. The number of pyridine rings is 1. The molecule has 0 bridgehead atoms. The summed E-state index contributed by atoms with van der Waals surface area (Å²) in [4.78, 5) is 18.2. The predicted octanol–water partition coefficient (Wildman–Crippen LogP) is 3.51. The minimum Gasteiger partial charge on any atom is -0.398 e. The Morgan fingerprint density at radius 3 is 2.78 bits per heavy atom. The van der Waals surface area contributed by atoms with Gasteiger partial charge in [-0.2, -0.15) is 0 Å². The number of carbonyl (C=O) groups excluding carboxylic acids is 1. The number of benzene rings is 1. The number of rotatable bonds is 3. The van der Waals surface area contributed by atoms with Gasteiger partial charge in [-0.15, -0.1) is 0 Å². The quantitative estimate of drug-likeness (QED) is 0.814. The Morgan fingerprint density at radius 1 is 1.41 bits per heavy atom. The second kappa shape index (κ2) is 5.94. The predicted molar refractivity (Wildman–Crippen MR) is 105 cm³/mol. The number of halogens is 1. The molecule has 142 valence electrons. The molecule has 0 radical (unpaired) electrons. The summed E-state index contributed by atoms with van der Waals surface area (Å²) in [7, 11) is 3.17. The third kappa shape index (κ3) is 2.58. The van der Waals surface area contributed by atoms with E-state index in [4.69, 9.17) is 5.73 Å². The standard InChI is InChI=1S/C21H25FN4O/c1-11(2)15-8-21(15)10-25-19-14(21)7-12(9-24-19)13-5-6-16(23)17(18(13)22)20(27)26(3)4/h5-7,9,11,15H,8,10,23H2,1-4H3,(H,24,25)/t15-,21+/m1/s1. The van der Waals surface area contributed by atoms with Crippen LogP contribution in [-0.4, -0.2) is 36.4 Å². The fourth-order valence-corrected chi connectivity index (χ4v) is 4.44. The number of nitrogen functional groups attached to an aromatic ring is 1. The normalized spacial score (nSPS) is 22.7. The zero-order valence-corrected chi connectivity index (χ0v) is 16.1. The van der Waals surface area contributed by atoms with Gasteiger partial charge in [0.15, 0.2) is 0 Å². The number of hydrogen-bond donors (Lipinski definition) is 2. The molecule has 1 aromatic carbocycles. The molecule has 2 heterocycles. The van der Waals surface area contributed by atoms with Crippen molar-refractivity contribution in [2.75, 3.05) is 31.7 Å². The van der Waals surface area contributed by atoms with E-state index in [1.54, 1.807) is 32.4 Å². The van der Waals surface area contributed by atoms with E-state index < -0.39 is 11.7 Å². The molecule has 1 spiro atoms. The highest BCUT2D eigenvalue weighted by molar-refractivity contribution is 6.00. The fraction of sp³-hybridized carbons (Fsp3) is 0.429. The fourth-order valence-electron chi connectivity index (χ4n) is 4.44. The summed E-state index contributed by atoms with van der Waals surface area (Å²) in [5.74, 6) is 1.07. The molecule has 4 rings (SSSR count). The molecule has 1 fully saturated rings. The average Bonchev–Trinajstić information content (AvgIpc) is 3.25. The largest absolute Gasteiger partial charge is 0.398 e. The van der Waals surface area contributed by atoms with Gasteiger partial charge in [0.1, 0.15) is 11.6 Å². The zero-order valence-electron chi connectivity index (χ0n) is 16.1. The lowest BCUT2D eigenvalue weighted by atomic mass is 9.90. The molecule has 1 amide bonds. The molecule has 3 N–H and O–H groups in total. The van der Waals surface area contributed by atoms with Crippen LogP contribution in [0.15, 0.2) is 24.4 Å². The molecule has 2 aromatic rings.